The van der Waals surface area contributed by atoms with E-state index in [0.29, 0.717) is 0 Å². The molecule has 0 spiro atoms. The molecule has 2 nitrogen and oxygen atoms in total. The Morgan fingerprint density at radius 2 is 1.70 bits per heavy atom. The number of nitrogen functional groups attached to an aromatic ring is 1. The third-order valence-corrected chi connectivity index (χ3v) is 5.25. The van der Waals surface area contributed by atoms with Gasteiger partial charge in [-0.25, -0.2) is 0 Å². The molecular formula is C18H28N2. The molecule has 1 saturated heterocycles. The Hall–Kier alpha value is -1.18. The van der Waals surface area contributed by atoms with Crippen LogP contribution in [-0.4, -0.2) is 13.1 Å². The molecule has 110 valence electrons. The second kappa shape index (κ2) is 6.07. The lowest BCUT2D eigenvalue weighted by molar-refractivity contribution is 0.438. The first-order valence-corrected chi connectivity index (χ1v) is 8.38. The number of benzene rings is 1. The van der Waals surface area contributed by atoms with E-state index in [9.17, 15) is 0 Å². The zero-order valence-electron chi connectivity index (χ0n) is 12.8. The van der Waals surface area contributed by atoms with Gasteiger partial charge in [0.2, 0.25) is 0 Å². The summed E-state index contributed by atoms with van der Waals surface area (Å²) in [5.41, 5.74) is 10.1. The molecule has 1 aliphatic heterocycles. The summed E-state index contributed by atoms with van der Waals surface area (Å²) in [6.45, 7) is 4.68. The summed E-state index contributed by atoms with van der Waals surface area (Å²) in [5, 5.41) is 0. The molecule has 2 aliphatic rings. The highest BCUT2D eigenvalue weighted by atomic mass is 15.1. The maximum Gasteiger partial charge on any atom is 0.0600 e. The molecule has 3 rings (SSSR count). The average Bonchev–Trinajstić information content (AvgIpc) is 2.49. The molecule has 1 saturated carbocycles. The summed E-state index contributed by atoms with van der Waals surface area (Å²) >= 11 is 0. The highest BCUT2D eigenvalue weighted by Gasteiger charge is 2.20. The molecule has 1 aromatic carbocycles. The van der Waals surface area contributed by atoms with E-state index >= 15 is 0 Å². The number of nitrogens with two attached hydrogens (primary N) is 1. The summed E-state index contributed by atoms with van der Waals surface area (Å²) < 4.78 is 0. The van der Waals surface area contributed by atoms with Crippen LogP contribution in [0.2, 0.25) is 0 Å². The van der Waals surface area contributed by atoms with Crippen LogP contribution in [0.15, 0.2) is 18.2 Å². The summed E-state index contributed by atoms with van der Waals surface area (Å²) in [7, 11) is 0. The van der Waals surface area contributed by atoms with Crippen molar-refractivity contribution in [3.8, 4) is 0 Å². The van der Waals surface area contributed by atoms with Crippen molar-refractivity contribution < 1.29 is 0 Å². The van der Waals surface area contributed by atoms with Crippen LogP contribution < -0.4 is 10.6 Å². The minimum Gasteiger partial charge on any atom is -0.397 e. The van der Waals surface area contributed by atoms with Crippen LogP contribution in [0, 0.1) is 5.92 Å². The van der Waals surface area contributed by atoms with E-state index < -0.39 is 0 Å². The Labute approximate surface area is 123 Å². The van der Waals surface area contributed by atoms with Crippen LogP contribution in [0.4, 0.5) is 11.4 Å². The molecule has 2 heteroatoms. The van der Waals surface area contributed by atoms with Gasteiger partial charge in [0.05, 0.1) is 11.4 Å². The van der Waals surface area contributed by atoms with Gasteiger partial charge in [0, 0.05) is 13.1 Å². The van der Waals surface area contributed by atoms with Gasteiger partial charge >= 0.3 is 0 Å². The second-order valence-electron chi connectivity index (χ2n) is 6.82. The molecular weight excluding hydrogens is 244 g/mol. The lowest BCUT2D eigenvalue weighted by atomic mass is 9.84. The topological polar surface area (TPSA) is 29.3 Å². The normalized spacial score (nSPS) is 22.1. The first kappa shape index (κ1) is 13.8. The molecule has 1 aliphatic carbocycles. The van der Waals surface area contributed by atoms with E-state index in [0.717, 1.165) is 30.6 Å². The van der Waals surface area contributed by atoms with Crippen molar-refractivity contribution in [2.24, 2.45) is 5.92 Å². The highest BCUT2D eigenvalue weighted by molar-refractivity contribution is 5.69. The molecule has 2 fully saturated rings. The van der Waals surface area contributed by atoms with Gasteiger partial charge in [-0.15, -0.1) is 0 Å². The van der Waals surface area contributed by atoms with Crippen molar-refractivity contribution in [3.63, 3.8) is 0 Å². The maximum absolute atomic E-state index is 6.35. The van der Waals surface area contributed by atoms with Gasteiger partial charge in [-0.3, -0.25) is 0 Å². The van der Waals surface area contributed by atoms with E-state index in [-0.39, 0.29) is 0 Å². The number of hydrogen-bond acceptors (Lipinski definition) is 2. The van der Waals surface area contributed by atoms with Gasteiger partial charge in [-0.2, -0.15) is 0 Å². The molecule has 1 aromatic rings. The molecule has 2 N–H and O–H groups in total. The number of piperidine rings is 1. The van der Waals surface area contributed by atoms with Crippen LogP contribution in [0.25, 0.3) is 0 Å². The van der Waals surface area contributed by atoms with Crippen LogP contribution in [0.5, 0.6) is 0 Å². The molecule has 0 bridgehead atoms. The standard InChI is InChI=1S/C18H28N2/c1-14-9-11-20(12-10-14)18-8-7-16(13-17(18)19)15-5-3-2-4-6-15/h7-8,13-15H,2-6,9-12,19H2,1H3. The Bertz CT molecular complexity index is 441. The van der Waals surface area contributed by atoms with Crippen LogP contribution in [0.3, 0.4) is 0 Å². The van der Waals surface area contributed by atoms with Gasteiger partial charge in [0.1, 0.15) is 0 Å². The van der Waals surface area contributed by atoms with Crippen LogP contribution in [0.1, 0.15) is 63.4 Å². The molecule has 1 heterocycles. The first-order valence-electron chi connectivity index (χ1n) is 8.38. The van der Waals surface area contributed by atoms with Gasteiger partial charge in [0.25, 0.3) is 0 Å². The van der Waals surface area contributed by atoms with Gasteiger partial charge in [0.15, 0.2) is 0 Å². The van der Waals surface area contributed by atoms with Crippen molar-refractivity contribution in [2.75, 3.05) is 23.7 Å². The van der Waals surface area contributed by atoms with E-state index in [1.54, 1.807) is 0 Å². The monoisotopic (exact) mass is 272 g/mol. The van der Waals surface area contributed by atoms with Gasteiger partial charge < -0.3 is 10.6 Å². The smallest absolute Gasteiger partial charge is 0.0600 e. The first-order chi connectivity index (χ1) is 9.74. The van der Waals surface area contributed by atoms with Crippen molar-refractivity contribution in [1.82, 2.24) is 0 Å². The second-order valence-corrected chi connectivity index (χ2v) is 6.82. The summed E-state index contributed by atoms with van der Waals surface area (Å²) in [6, 6.07) is 6.86. The molecule has 0 radical (unpaired) electrons. The minimum absolute atomic E-state index is 0.751. The van der Waals surface area contributed by atoms with Crippen LogP contribution >= 0.6 is 0 Å². The van der Waals surface area contributed by atoms with Crippen LogP contribution in [-0.2, 0) is 0 Å². The van der Waals surface area contributed by atoms with E-state index in [1.807, 2.05) is 0 Å². The maximum atomic E-state index is 6.35. The average molecular weight is 272 g/mol. The van der Waals surface area contributed by atoms with Gasteiger partial charge in [-0.1, -0.05) is 32.3 Å². The highest BCUT2D eigenvalue weighted by Crippen LogP contribution is 2.36. The Kier molecular flexibility index (Phi) is 4.18. The molecule has 0 unspecified atom stereocenters. The summed E-state index contributed by atoms with van der Waals surface area (Å²) in [5.74, 6) is 1.62. The van der Waals surface area contributed by atoms with E-state index in [1.165, 1.54) is 56.2 Å². The Balaban J connectivity index is 1.73. The fraction of sp³-hybridized carbons (Fsp3) is 0.667. The summed E-state index contributed by atoms with van der Waals surface area (Å²) in [6.07, 6.45) is 9.47. The van der Waals surface area contributed by atoms with E-state index in [4.69, 9.17) is 5.73 Å². The molecule has 0 amide bonds. The quantitative estimate of drug-likeness (QED) is 0.800. The molecule has 0 atom stereocenters. The molecule has 20 heavy (non-hydrogen) atoms. The number of hydrogen-bond donors (Lipinski definition) is 1. The third-order valence-electron chi connectivity index (χ3n) is 5.25. The summed E-state index contributed by atoms with van der Waals surface area (Å²) in [4.78, 5) is 2.47. The SMILES string of the molecule is CC1CCN(c2ccc(C3CCCCC3)cc2N)CC1. The van der Waals surface area contributed by atoms with Crippen molar-refractivity contribution >= 4 is 11.4 Å². The lowest BCUT2D eigenvalue weighted by Crippen LogP contribution is -2.33. The zero-order valence-corrected chi connectivity index (χ0v) is 12.8. The number of anilines is 2. The Morgan fingerprint density at radius 3 is 2.35 bits per heavy atom. The predicted octanol–water partition coefficient (Wildman–Crippen LogP) is 4.55. The number of rotatable bonds is 2. The van der Waals surface area contributed by atoms with Crippen molar-refractivity contribution in [2.45, 2.75) is 57.8 Å². The molecule has 0 aromatic heterocycles. The lowest BCUT2D eigenvalue weighted by Gasteiger charge is -2.33. The Morgan fingerprint density at radius 1 is 1.00 bits per heavy atom. The number of nitrogens with zero attached hydrogens (tertiary/aromatic N) is 1. The predicted molar refractivity (Wildman–Crippen MR) is 87.3 cm³/mol. The minimum atomic E-state index is 0.751. The fourth-order valence-electron chi connectivity index (χ4n) is 3.80. The third kappa shape index (κ3) is 2.94. The largest absolute Gasteiger partial charge is 0.397 e. The van der Waals surface area contributed by atoms with Gasteiger partial charge in [-0.05, 0) is 55.2 Å². The fourth-order valence-corrected chi connectivity index (χ4v) is 3.80. The van der Waals surface area contributed by atoms with Crippen molar-refractivity contribution in [1.29, 1.82) is 0 Å². The van der Waals surface area contributed by atoms with Crippen molar-refractivity contribution in [3.05, 3.63) is 23.8 Å². The zero-order chi connectivity index (χ0) is 13.9. The van der Waals surface area contributed by atoms with E-state index in [2.05, 4.69) is 30.0 Å².